The third-order valence-corrected chi connectivity index (χ3v) is 6.56. The zero-order valence-corrected chi connectivity index (χ0v) is 14.5. The summed E-state index contributed by atoms with van der Waals surface area (Å²) < 4.78 is 51.5. The van der Waals surface area contributed by atoms with Crippen molar-refractivity contribution in [3.8, 4) is 0 Å². The SMILES string of the molecule is Cc1ccccc1CS(=O)(=O)NC1CCN(S(C)(=O)=O)CC1. The van der Waals surface area contributed by atoms with Crippen molar-refractivity contribution in [3.05, 3.63) is 35.4 Å². The van der Waals surface area contributed by atoms with Crippen LogP contribution in [0.2, 0.25) is 0 Å². The molecule has 0 radical (unpaired) electrons. The Hall–Kier alpha value is -0.960. The summed E-state index contributed by atoms with van der Waals surface area (Å²) in [6.07, 6.45) is 2.18. The van der Waals surface area contributed by atoms with E-state index >= 15 is 0 Å². The Morgan fingerprint density at radius 1 is 1.14 bits per heavy atom. The van der Waals surface area contributed by atoms with Crippen molar-refractivity contribution in [2.45, 2.75) is 31.6 Å². The molecule has 22 heavy (non-hydrogen) atoms. The minimum absolute atomic E-state index is 0.0496. The van der Waals surface area contributed by atoms with Gasteiger partial charge < -0.3 is 0 Å². The van der Waals surface area contributed by atoms with Gasteiger partial charge in [0.2, 0.25) is 20.0 Å². The van der Waals surface area contributed by atoms with E-state index in [4.69, 9.17) is 0 Å². The molecule has 1 aliphatic heterocycles. The average Bonchev–Trinajstić information content (AvgIpc) is 2.40. The van der Waals surface area contributed by atoms with Crippen molar-refractivity contribution >= 4 is 20.0 Å². The quantitative estimate of drug-likeness (QED) is 0.856. The molecule has 0 aromatic heterocycles. The van der Waals surface area contributed by atoms with Crippen LogP contribution >= 0.6 is 0 Å². The fourth-order valence-electron chi connectivity index (χ4n) is 2.58. The Morgan fingerprint density at radius 3 is 2.27 bits per heavy atom. The van der Waals surface area contributed by atoms with E-state index in [2.05, 4.69) is 4.72 Å². The lowest BCUT2D eigenvalue weighted by Gasteiger charge is -2.30. The lowest BCUT2D eigenvalue weighted by Crippen LogP contribution is -2.46. The van der Waals surface area contributed by atoms with Crippen LogP contribution in [-0.4, -0.2) is 46.5 Å². The zero-order chi connectivity index (χ0) is 16.4. The van der Waals surface area contributed by atoms with Crippen LogP contribution in [0.25, 0.3) is 0 Å². The summed E-state index contributed by atoms with van der Waals surface area (Å²) >= 11 is 0. The summed E-state index contributed by atoms with van der Waals surface area (Å²) in [4.78, 5) is 0. The predicted octanol–water partition coefficient (Wildman–Crippen LogP) is 0.838. The number of benzene rings is 1. The molecule has 8 heteroatoms. The summed E-state index contributed by atoms with van der Waals surface area (Å²) in [5, 5.41) is 0. The number of nitrogens with zero attached hydrogens (tertiary/aromatic N) is 1. The molecule has 1 aromatic rings. The second kappa shape index (κ2) is 6.66. The second-order valence-electron chi connectivity index (χ2n) is 5.74. The predicted molar refractivity (Wildman–Crippen MR) is 86.4 cm³/mol. The standard InChI is InChI=1S/C14H22N2O4S2/c1-12-5-3-4-6-13(12)11-22(19,20)15-14-7-9-16(10-8-14)21(2,17)18/h3-6,14-15H,7-11H2,1-2H3. The maximum Gasteiger partial charge on any atom is 0.216 e. The highest BCUT2D eigenvalue weighted by atomic mass is 32.2. The summed E-state index contributed by atoms with van der Waals surface area (Å²) in [6.45, 7) is 2.60. The van der Waals surface area contributed by atoms with Crippen molar-refractivity contribution < 1.29 is 16.8 Å². The molecule has 1 saturated heterocycles. The molecule has 0 aliphatic carbocycles. The molecule has 1 N–H and O–H groups in total. The molecule has 1 aliphatic rings. The van der Waals surface area contributed by atoms with E-state index in [0.717, 1.165) is 11.1 Å². The summed E-state index contributed by atoms with van der Waals surface area (Å²) in [5.41, 5.74) is 1.73. The molecule has 1 fully saturated rings. The van der Waals surface area contributed by atoms with Gasteiger partial charge in [-0.2, -0.15) is 0 Å². The van der Waals surface area contributed by atoms with Crippen molar-refractivity contribution in [2.24, 2.45) is 0 Å². The van der Waals surface area contributed by atoms with E-state index in [1.54, 1.807) is 6.07 Å². The van der Waals surface area contributed by atoms with Crippen molar-refractivity contribution in [2.75, 3.05) is 19.3 Å². The van der Waals surface area contributed by atoms with Gasteiger partial charge in [0, 0.05) is 19.1 Å². The van der Waals surface area contributed by atoms with Crippen LogP contribution in [-0.2, 0) is 25.8 Å². The maximum atomic E-state index is 12.3. The number of aryl methyl sites for hydroxylation is 1. The highest BCUT2D eigenvalue weighted by Crippen LogP contribution is 2.16. The van der Waals surface area contributed by atoms with Gasteiger partial charge in [-0.25, -0.2) is 25.9 Å². The third-order valence-electron chi connectivity index (χ3n) is 3.88. The first-order valence-electron chi connectivity index (χ1n) is 7.17. The molecular weight excluding hydrogens is 324 g/mol. The van der Waals surface area contributed by atoms with Gasteiger partial charge in [0.25, 0.3) is 0 Å². The molecule has 1 heterocycles. The number of hydrogen-bond acceptors (Lipinski definition) is 4. The highest BCUT2D eigenvalue weighted by Gasteiger charge is 2.27. The fourth-order valence-corrected chi connectivity index (χ4v) is 5.01. The average molecular weight is 346 g/mol. The van der Waals surface area contributed by atoms with Crippen LogP contribution in [0.15, 0.2) is 24.3 Å². The first-order valence-corrected chi connectivity index (χ1v) is 10.7. The molecule has 0 atom stereocenters. The monoisotopic (exact) mass is 346 g/mol. The van der Waals surface area contributed by atoms with E-state index in [1.165, 1.54) is 10.6 Å². The van der Waals surface area contributed by atoms with Crippen LogP contribution in [0.5, 0.6) is 0 Å². The normalized spacial score (nSPS) is 18.5. The van der Waals surface area contributed by atoms with E-state index in [1.807, 2.05) is 25.1 Å². The molecule has 0 amide bonds. The van der Waals surface area contributed by atoms with Gasteiger partial charge in [0.1, 0.15) is 0 Å². The van der Waals surface area contributed by atoms with Gasteiger partial charge in [0.15, 0.2) is 0 Å². The summed E-state index contributed by atoms with van der Waals surface area (Å²) in [6, 6.07) is 7.19. The van der Waals surface area contributed by atoms with Crippen LogP contribution in [0, 0.1) is 6.92 Å². The minimum atomic E-state index is -3.43. The number of rotatable bonds is 5. The van der Waals surface area contributed by atoms with Crippen molar-refractivity contribution in [1.29, 1.82) is 0 Å². The maximum absolute atomic E-state index is 12.3. The molecule has 2 rings (SSSR count). The van der Waals surface area contributed by atoms with Crippen LogP contribution in [0.3, 0.4) is 0 Å². The minimum Gasteiger partial charge on any atom is -0.213 e. The zero-order valence-electron chi connectivity index (χ0n) is 12.8. The van der Waals surface area contributed by atoms with Gasteiger partial charge in [-0.1, -0.05) is 24.3 Å². The van der Waals surface area contributed by atoms with Crippen LogP contribution in [0.1, 0.15) is 24.0 Å². The van der Waals surface area contributed by atoms with E-state index in [9.17, 15) is 16.8 Å². The number of piperidine rings is 1. The van der Waals surface area contributed by atoms with Gasteiger partial charge in [0.05, 0.1) is 12.0 Å². The van der Waals surface area contributed by atoms with E-state index in [-0.39, 0.29) is 11.8 Å². The molecule has 124 valence electrons. The van der Waals surface area contributed by atoms with Gasteiger partial charge >= 0.3 is 0 Å². The second-order valence-corrected chi connectivity index (χ2v) is 9.48. The number of sulfonamides is 2. The van der Waals surface area contributed by atoms with Gasteiger partial charge in [-0.15, -0.1) is 0 Å². The van der Waals surface area contributed by atoms with Crippen LogP contribution in [0.4, 0.5) is 0 Å². The largest absolute Gasteiger partial charge is 0.216 e. The topological polar surface area (TPSA) is 83.6 Å². The van der Waals surface area contributed by atoms with E-state index in [0.29, 0.717) is 25.9 Å². The first kappa shape index (κ1) is 17.4. The van der Waals surface area contributed by atoms with E-state index < -0.39 is 20.0 Å². The molecule has 0 bridgehead atoms. The molecule has 1 aromatic carbocycles. The van der Waals surface area contributed by atoms with Crippen molar-refractivity contribution in [3.63, 3.8) is 0 Å². The summed E-state index contributed by atoms with van der Waals surface area (Å²) in [7, 11) is -6.62. The Morgan fingerprint density at radius 2 is 1.73 bits per heavy atom. The molecule has 0 spiro atoms. The number of hydrogen-bond donors (Lipinski definition) is 1. The smallest absolute Gasteiger partial charge is 0.213 e. The number of nitrogens with one attached hydrogen (secondary N) is 1. The molecular formula is C14H22N2O4S2. The first-order chi connectivity index (χ1) is 10.2. The highest BCUT2D eigenvalue weighted by molar-refractivity contribution is 7.88. The Kier molecular flexibility index (Phi) is 5.26. The molecule has 0 saturated carbocycles. The Bertz CT molecular complexity index is 721. The molecule has 6 nitrogen and oxygen atoms in total. The van der Waals surface area contributed by atoms with Crippen molar-refractivity contribution in [1.82, 2.24) is 9.03 Å². The lowest BCUT2D eigenvalue weighted by molar-refractivity contribution is 0.310. The summed E-state index contributed by atoms with van der Waals surface area (Å²) in [5.74, 6) is -0.0496. The van der Waals surface area contributed by atoms with Gasteiger partial charge in [-0.05, 0) is 30.9 Å². The Labute approximate surface area is 132 Å². The van der Waals surface area contributed by atoms with Gasteiger partial charge in [-0.3, -0.25) is 0 Å². The van der Waals surface area contributed by atoms with Crippen LogP contribution < -0.4 is 4.72 Å². The third kappa shape index (κ3) is 4.77. The lowest BCUT2D eigenvalue weighted by atomic mass is 10.1. The Balaban J connectivity index is 1.95. The fraction of sp³-hybridized carbons (Fsp3) is 0.571. The molecule has 0 unspecified atom stereocenters.